The maximum Gasteiger partial charge on any atom is 0.242 e. The van der Waals surface area contributed by atoms with Gasteiger partial charge in [0.1, 0.15) is 5.82 Å². The van der Waals surface area contributed by atoms with Gasteiger partial charge in [0.2, 0.25) is 11.8 Å². The van der Waals surface area contributed by atoms with Crippen molar-refractivity contribution in [3.63, 3.8) is 0 Å². The highest BCUT2D eigenvalue weighted by Gasteiger charge is 2.33. The Balaban J connectivity index is 1.58. The van der Waals surface area contributed by atoms with Crippen molar-refractivity contribution in [3.8, 4) is 0 Å². The zero-order valence-corrected chi connectivity index (χ0v) is 15.2. The summed E-state index contributed by atoms with van der Waals surface area (Å²) in [6.45, 7) is 6.24. The molecule has 2 heterocycles. The molecule has 6 nitrogen and oxygen atoms in total. The van der Waals surface area contributed by atoms with Gasteiger partial charge in [0.15, 0.2) is 0 Å². The summed E-state index contributed by atoms with van der Waals surface area (Å²) in [5, 5.41) is 0. The number of halogens is 1. The van der Waals surface area contributed by atoms with Gasteiger partial charge in [-0.1, -0.05) is 19.1 Å². The van der Waals surface area contributed by atoms with Crippen LogP contribution in [0.5, 0.6) is 0 Å². The van der Waals surface area contributed by atoms with Crippen molar-refractivity contribution < 1.29 is 18.7 Å². The summed E-state index contributed by atoms with van der Waals surface area (Å²) in [6, 6.07) is 6.08. The number of carbonyl (C=O) groups excluding carboxylic acids is 2. The van der Waals surface area contributed by atoms with Gasteiger partial charge >= 0.3 is 0 Å². The van der Waals surface area contributed by atoms with E-state index >= 15 is 0 Å². The molecule has 0 N–H and O–H groups in total. The van der Waals surface area contributed by atoms with Gasteiger partial charge in [-0.2, -0.15) is 0 Å². The van der Waals surface area contributed by atoms with Gasteiger partial charge in [-0.3, -0.25) is 14.5 Å². The summed E-state index contributed by atoms with van der Waals surface area (Å²) >= 11 is 0. The lowest BCUT2D eigenvalue weighted by atomic mass is 10.1. The number of piperazine rings is 1. The lowest BCUT2D eigenvalue weighted by Gasteiger charge is -2.39. The van der Waals surface area contributed by atoms with E-state index < -0.39 is 0 Å². The monoisotopic (exact) mass is 363 g/mol. The molecule has 0 aromatic heterocycles. The Morgan fingerprint density at radius 3 is 2.65 bits per heavy atom. The van der Waals surface area contributed by atoms with E-state index in [-0.39, 0.29) is 30.2 Å². The van der Waals surface area contributed by atoms with Gasteiger partial charge < -0.3 is 14.5 Å². The summed E-state index contributed by atoms with van der Waals surface area (Å²) in [4.78, 5) is 30.9. The molecule has 1 aromatic carbocycles. The van der Waals surface area contributed by atoms with Gasteiger partial charge in [-0.15, -0.1) is 0 Å². The molecule has 142 valence electrons. The van der Waals surface area contributed by atoms with Crippen LogP contribution >= 0.6 is 0 Å². The number of rotatable bonds is 5. The molecular formula is C19H26FN3O3. The second-order valence-electron chi connectivity index (χ2n) is 6.78. The Bertz CT molecular complexity index is 649. The highest BCUT2D eigenvalue weighted by molar-refractivity contribution is 5.88. The predicted octanol–water partition coefficient (Wildman–Crippen LogP) is 1.11. The van der Waals surface area contributed by atoms with Crippen LogP contribution in [0.15, 0.2) is 24.3 Å². The van der Waals surface area contributed by atoms with E-state index in [4.69, 9.17) is 4.74 Å². The van der Waals surface area contributed by atoms with Crippen LogP contribution < -0.4 is 0 Å². The highest BCUT2D eigenvalue weighted by atomic mass is 19.1. The molecule has 0 spiro atoms. The van der Waals surface area contributed by atoms with E-state index in [1.165, 1.54) is 12.1 Å². The second-order valence-corrected chi connectivity index (χ2v) is 6.78. The molecule has 2 fully saturated rings. The summed E-state index contributed by atoms with van der Waals surface area (Å²) in [6.07, 6.45) is 0.719. The number of ether oxygens (including phenoxy) is 1. The number of carbonyl (C=O) groups is 2. The quantitative estimate of drug-likeness (QED) is 0.786. The lowest BCUT2D eigenvalue weighted by molar-refractivity contribution is -0.149. The number of hydrogen-bond acceptors (Lipinski definition) is 4. The number of nitrogens with zero attached hydrogens (tertiary/aromatic N) is 3. The van der Waals surface area contributed by atoms with Crippen molar-refractivity contribution in [1.29, 1.82) is 0 Å². The SMILES string of the molecule is CC[C@@H](C(=O)N1CCN(Cc2cccc(F)c2)C(=O)C1)N1CCOCC1. The largest absolute Gasteiger partial charge is 0.379 e. The van der Waals surface area contributed by atoms with E-state index in [0.717, 1.165) is 25.1 Å². The van der Waals surface area contributed by atoms with Crippen LogP contribution in [0.1, 0.15) is 18.9 Å². The van der Waals surface area contributed by atoms with E-state index in [0.29, 0.717) is 32.8 Å². The van der Waals surface area contributed by atoms with Crippen molar-refractivity contribution in [3.05, 3.63) is 35.6 Å². The molecule has 2 aliphatic heterocycles. The van der Waals surface area contributed by atoms with E-state index in [1.807, 2.05) is 6.92 Å². The predicted molar refractivity (Wildman–Crippen MR) is 94.9 cm³/mol. The van der Waals surface area contributed by atoms with Crippen LogP contribution in [0.3, 0.4) is 0 Å². The Hall–Kier alpha value is -1.99. The van der Waals surface area contributed by atoms with Crippen molar-refractivity contribution >= 4 is 11.8 Å². The molecule has 0 saturated carbocycles. The third-order valence-corrected chi connectivity index (χ3v) is 5.05. The molecule has 2 aliphatic rings. The average molecular weight is 363 g/mol. The normalized spacial score (nSPS) is 20.3. The lowest BCUT2D eigenvalue weighted by Crippen LogP contribution is -2.57. The maximum atomic E-state index is 13.3. The molecule has 0 unspecified atom stereocenters. The molecule has 0 aliphatic carbocycles. The van der Waals surface area contributed by atoms with Gasteiger partial charge in [0.25, 0.3) is 0 Å². The van der Waals surface area contributed by atoms with Gasteiger partial charge in [0, 0.05) is 32.7 Å². The third kappa shape index (κ3) is 4.40. The Morgan fingerprint density at radius 2 is 2.00 bits per heavy atom. The molecule has 2 saturated heterocycles. The fourth-order valence-electron chi connectivity index (χ4n) is 3.61. The topological polar surface area (TPSA) is 53.1 Å². The maximum absolute atomic E-state index is 13.3. The van der Waals surface area contributed by atoms with Crippen LogP contribution in [0.25, 0.3) is 0 Å². The zero-order chi connectivity index (χ0) is 18.5. The van der Waals surface area contributed by atoms with Crippen molar-refractivity contribution in [2.24, 2.45) is 0 Å². The first-order chi connectivity index (χ1) is 12.6. The summed E-state index contributed by atoms with van der Waals surface area (Å²) in [7, 11) is 0. The summed E-state index contributed by atoms with van der Waals surface area (Å²) in [5.74, 6) is -0.376. The molecule has 3 rings (SSSR count). The fourth-order valence-corrected chi connectivity index (χ4v) is 3.61. The van der Waals surface area contributed by atoms with E-state index in [2.05, 4.69) is 4.90 Å². The number of amides is 2. The smallest absolute Gasteiger partial charge is 0.242 e. The van der Waals surface area contributed by atoms with Crippen LogP contribution in [-0.2, 0) is 20.9 Å². The number of hydrogen-bond donors (Lipinski definition) is 0. The minimum absolute atomic E-state index is 0.0214. The summed E-state index contributed by atoms with van der Waals surface area (Å²) in [5.41, 5.74) is 0.762. The molecule has 0 radical (unpaired) electrons. The minimum atomic E-state index is -0.305. The molecule has 0 bridgehead atoms. The first-order valence-electron chi connectivity index (χ1n) is 9.21. The van der Waals surface area contributed by atoms with E-state index in [1.54, 1.807) is 21.9 Å². The number of morpholine rings is 1. The van der Waals surface area contributed by atoms with Gasteiger partial charge in [0.05, 0.1) is 25.8 Å². The first kappa shape index (κ1) is 18.8. The second kappa shape index (κ2) is 8.60. The molecule has 2 amide bonds. The molecular weight excluding hydrogens is 337 g/mol. The van der Waals surface area contributed by atoms with Gasteiger partial charge in [-0.25, -0.2) is 4.39 Å². The first-order valence-corrected chi connectivity index (χ1v) is 9.21. The molecule has 7 heteroatoms. The van der Waals surface area contributed by atoms with E-state index in [9.17, 15) is 14.0 Å². The molecule has 1 atom stereocenters. The molecule has 1 aromatic rings. The Labute approximate surface area is 153 Å². The molecule has 26 heavy (non-hydrogen) atoms. The van der Waals surface area contributed by atoms with Crippen LogP contribution in [0.4, 0.5) is 4.39 Å². The number of benzene rings is 1. The van der Waals surface area contributed by atoms with Crippen molar-refractivity contribution in [1.82, 2.24) is 14.7 Å². The minimum Gasteiger partial charge on any atom is -0.379 e. The zero-order valence-electron chi connectivity index (χ0n) is 15.2. The van der Waals surface area contributed by atoms with Crippen LogP contribution in [0.2, 0.25) is 0 Å². The van der Waals surface area contributed by atoms with Crippen molar-refractivity contribution in [2.75, 3.05) is 45.9 Å². The van der Waals surface area contributed by atoms with Crippen molar-refractivity contribution in [2.45, 2.75) is 25.9 Å². The third-order valence-electron chi connectivity index (χ3n) is 5.05. The van der Waals surface area contributed by atoms with Crippen LogP contribution in [-0.4, -0.2) is 78.5 Å². The summed E-state index contributed by atoms with van der Waals surface area (Å²) < 4.78 is 18.7. The average Bonchev–Trinajstić information content (AvgIpc) is 2.65. The fraction of sp³-hybridized carbons (Fsp3) is 0.579. The Morgan fingerprint density at radius 1 is 1.23 bits per heavy atom. The Kier molecular flexibility index (Phi) is 6.21. The van der Waals surface area contributed by atoms with Gasteiger partial charge in [-0.05, 0) is 24.1 Å². The highest BCUT2D eigenvalue weighted by Crippen LogP contribution is 2.15. The standard InChI is InChI=1S/C19H26FN3O3/c1-2-17(21-8-10-26-11-9-21)19(25)23-7-6-22(18(24)14-23)13-15-4-3-5-16(20)12-15/h3-5,12,17H,2,6-11,13-14H2,1H3/t17-/m0/s1. The van der Waals surface area contributed by atoms with Crippen LogP contribution in [0, 0.1) is 5.82 Å².